The van der Waals surface area contributed by atoms with Crippen LogP contribution in [0.2, 0.25) is 0 Å². The van der Waals surface area contributed by atoms with Crippen LogP contribution in [-0.4, -0.2) is 10.6 Å². The van der Waals surface area contributed by atoms with Crippen molar-refractivity contribution in [2.45, 2.75) is 32.4 Å². The SMILES string of the molecule is Cc1cccc(C(O)C(C)(C)N)c1. The molecule has 0 radical (unpaired) electrons. The Bertz CT molecular complexity index is 288. The smallest absolute Gasteiger partial charge is 0.0964 e. The van der Waals surface area contributed by atoms with Crippen LogP contribution < -0.4 is 5.73 Å². The molecule has 0 saturated heterocycles. The third-order valence-electron chi connectivity index (χ3n) is 2.06. The molecular formula is C11H17NO. The van der Waals surface area contributed by atoms with Gasteiger partial charge in [-0.05, 0) is 26.3 Å². The first-order valence-electron chi connectivity index (χ1n) is 4.45. The van der Waals surface area contributed by atoms with Crippen LogP contribution in [0.5, 0.6) is 0 Å². The molecule has 0 heterocycles. The highest BCUT2D eigenvalue weighted by Gasteiger charge is 2.23. The Balaban J connectivity index is 2.96. The van der Waals surface area contributed by atoms with Crippen molar-refractivity contribution in [1.29, 1.82) is 0 Å². The summed E-state index contributed by atoms with van der Waals surface area (Å²) in [4.78, 5) is 0. The monoisotopic (exact) mass is 179 g/mol. The Kier molecular flexibility index (Phi) is 2.74. The second kappa shape index (κ2) is 3.48. The molecule has 1 aromatic carbocycles. The van der Waals surface area contributed by atoms with Crippen molar-refractivity contribution < 1.29 is 5.11 Å². The van der Waals surface area contributed by atoms with E-state index < -0.39 is 11.6 Å². The van der Waals surface area contributed by atoms with E-state index in [9.17, 15) is 5.11 Å². The first kappa shape index (κ1) is 10.2. The maximum absolute atomic E-state index is 9.86. The van der Waals surface area contributed by atoms with E-state index >= 15 is 0 Å². The lowest BCUT2D eigenvalue weighted by molar-refractivity contribution is 0.104. The van der Waals surface area contributed by atoms with E-state index in [4.69, 9.17) is 5.73 Å². The third kappa shape index (κ3) is 2.54. The summed E-state index contributed by atoms with van der Waals surface area (Å²) >= 11 is 0. The van der Waals surface area contributed by atoms with E-state index in [1.807, 2.05) is 45.0 Å². The standard InChI is InChI=1S/C11H17NO/c1-8-5-4-6-9(7-8)10(13)11(2,3)12/h4-7,10,13H,12H2,1-3H3. The summed E-state index contributed by atoms with van der Waals surface area (Å²) in [6.45, 7) is 5.64. The minimum atomic E-state index is -0.604. The molecule has 0 fully saturated rings. The van der Waals surface area contributed by atoms with Gasteiger partial charge < -0.3 is 10.8 Å². The zero-order valence-electron chi connectivity index (χ0n) is 8.41. The predicted molar refractivity (Wildman–Crippen MR) is 54.4 cm³/mol. The van der Waals surface area contributed by atoms with Gasteiger partial charge >= 0.3 is 0 Å². The molecule has 0 spiro atoms. The van der Waals surface area contributed by atoms with Gasteiger partial charge in [0, 0.05) is 5.54 Å². The van der Waals surface area contributed by atoms with Crippen LogP contribution in [0.15, 0.2) is 24.3 Å². The number of nitrogens with two attached hydrogens (primary N) is 1. The highest BCUT2D eigenvalue weighted by molar-refractivity contribution is 5.25. The largest absolute Gasteiger partial charge is 0.387 e. The molecule has 72 valence electrons. The summed E-state index contributed by atoms with van der Waals surface area (Å²) in [7, 11) is 0. The van der Waals surface area contributed by atoms with Crippen LogP contribution in [0.3, 0.4) is 0 Å². The lowest BCUT2D eigenvalue weighted by atomic mass is 9.92. The molecule has 1 rings (SSSR count). The van der Waals surface area contributed by atoms with Crippen LogP contribution in [0.25, 0.3) is 0 Å². The fraction of sp³-hybridized carbons (Fsp3) is 0.455. The average molecular weight is 179 g/mol. The van der Waals surface area contributed by atoms with Crippen molar-refractivity contribution in [3.63, 3.8) is 0 Å². The molecule has 0 bridgehead atoms. The molecular weight excluding hydrogens is 162 g/mol. The molecule has 0 aromatic heterocycles. The van der Waals surface area contributed by atoms with Gasteiger partial charge in [0.15, 0.2) is 0 Å². The van der Waals surface area contributed by atoms with Crippen molar-refractivity contribution >= 4 is 0 Å². The van der Waals surface area contributed by atoms with E-state index in [0.717, 1.165) is 11.1 Å². The molecule has 1 aromatic rings. The number of aliphatic hydroxyl groups excluding tert-OH is 1. The zero-order chi connectivity index (χ0) is 10.1. The Morgan fingerprint density at radius 2 is 2.00 bits per heavy atom. The van der Waals surface area contributed by atoms with E-state index in [1.165, 1.54) is 0 Å². The highest BCUT2D eigenvalue weighted by atomic mass is 16.3. The molecule has 0 aliphatic heterocycles. The van der Waals surface area contributed by atoms with Gasteiger partial charge in [-0.15, -0.1) is 0 Å². The summed E-state index contributed by atoms with van der Waals surface area (Å²) in [6, 6.07) is 7.78. The third-order valence-corrected chi connectivity index (χ3v) is 2.06. The van der Waals surface area contributed by atoms with Crippen molar-refractivity contribution in [3.05, 3.63) is 35.4 Å². The van der Waals surface area contributed by atoms with Gasteiger partial charge in [0.2, 0.25) is 0 Å². The lowest BCUT2D eigenvalue weighted by Gasteiger charge is -2.26. The van der Waals surface area contributed by atoms with Gasteiger partial charge in [-0.25, -0.2) is 0 Å². The minimum Gasteiger partial charge on any atom is -0.387 e. The molecule has 1 atom stereocenters. The fourth-order valence-electron chi connectivity index (χ4n) is 1.27. The Labute approximate surface area is 79.4 Å². The number of aryl methyl sites for hydroxylation is 1. The van der Waals surface area contributed by atoms with Crippen LogP contribution >= 0.6 is 0 Å². The highest BCUT2D eigenvalue weighted by Crippen LogP contribution is 2.23. The first-order chi connectivity index (χ1) is 5.91. The van der Waals surface area contributed by atoms with Gasteiger partial charge in [-0.2, -0.15) is 0 Å². The van der Waals surface area contributed by atoms with Crippen LogP contribution in [0, 0.1) is 6.92 Å². The maximum Gasteiger partial charge on any atom is 0.0964 e. The Hall–Kier alpha value is -0.860. The van der Waals surface area contributed by atoms with E-state index in [2.05, 4.69) is 0 Å². The summed E-state index contributed by atoms with van der Waals surface area (Å²) in [6.07, 6.45) is -0.604. The molecule has 0 saturated carbocycles. The van der Waals surface area contributed by atoms with Crippen LogP contribution in [0.4, 0.5) is 0 Å². The van der Waals surface area contributed by atoms with Gasteiger partial charge in [-0.3, -0.25) is 0 Å². The van der Waals surface area contributed by atoms with Crippen molar-refractivity contribution in [2.24, 2.45) is 5.73 Å². The number of hydrogen-bond donors (Lipinski definition) is 2. The molecule has 0 amide bonds. The second-order valence-electron chi connectivity index (χ2n) is 4.14. The first-order valence-corrected chi connectivity index (χ1v) is 4.45. The molecule has 1 unspecified atom stereocenters. The number of rotatable bonds is 2. The molecule has 3 N–H and O–H groups in total. The zero-order valence-corrected chi connectivity index (χ0v) is 8.41. The summed E-state index contributed by atoms with van der Waals surface area (Å²) in [5.74, 6) is 0. The predicted octanol–water partition coefficient (Wildman–Crippen LogP) is 1.77. The summed E-state index contributed by atoms with van der Waals surface area (Å²) < 4.78 is 0. The van der Waals surface area contributed by atoms with E-state index in [1.54, 1.807) is 0 Å². The van der Waals surface area contributed by atoms with Gasteiger partial charge in [0.1, 0.15) is 0 Å². The molecule has 2 heteroatoms. The van der Waals surface area contributed by atoms with Gasteiger partial charge in [0.25, 0.3) is 0 Å². The number of hydrogen-bond acceptors (Lipinski definition) is 2. The minimum absolute atomic E-state index is 0.589. The molecule has 0 aliphatic rings. The van der Waals surface area contributed by atoms with Crippen molar-refractivity contribution in [1.82, 2.24) is 0 Å². The normalized spacial score (nSPS) is 14.2. The van der Waals surface area contributed by atoms with E-state index in [-0.39, 0.29) is 0 Å². The lowest BCUT2D eigenvalue weighted by Crippen LogP contribution is -2.39. The molecule has 0 aliphatic carbocycles. The second-order valence-corrected chi connectivity index (χ2v) is 4.14. The van der Waals surface area contributed by atoms with Gasteiger partial charge in [-0.1, -0.05) is 29.8 Å². The van der Waals surface area contributed by atoms with Crippen molar-refractivity contribution in [2.75, 3.05) is 0 Å². The van der Waals surface area contributed by atoms with Crippen LogP contribution in [-0.2, 0) is 0 Å². The fourth-order valence-corrected chi connectivity index (χ4v) is 1.27. The number of benzene rings is 1. The quantitative estimate of drug-likeness (QED) is 0.726. The van der Waals surface area contributed by atoms with Crippen LogP contribution in [0.1, 0.15) is 31.1 Å². The average Bonchev–Trinajstić information content (AvgIpc) is 2.01. The molecule has 13 heavy (non-hydrogen) atoms. The molecule has 2 nitrogen and oxygen atoms in total. The topological polar surface area (TPSA) is 46.2 Å². The summed E-state index contributed by atoms with van der Waals surface area (Å²) in [5.41, 5.74) is 7.24. The van der Waals surface area contributed by atoms with Gasteiger partial charge in [0.05, 0.1) is 6.10 Å². The Morgan fingerprint density at radius 1 is 1.38 bits per heavy atom. The summed E-state index contributed by atoms with van der Waals surface area (Å²) in [5, 5.41) is 9.86. The number of aliphatic hydroxyl groups is 1. The van der Waals surface area contributed by atoms with E-state index in [0.29, 0.717) is 0 Å². The van der Waals surface area contributed by atoms with Crippen molar-refractivity contribution in [3.8, 4) is 0 Å². The maximum atomic E-state index is 9.86. The Morgan fingerprint density at radius 3 is 2.46 bits per heavy atom.